The van der Waals surface area contributed by atoms with Gasteiger partial charge in [-0.25, -0.2) is 9.48 Å². The van der Waals surface area contributed by atoms with Crippen LogP contribution in [0.2, 0.25) is 5.02 Å². The number of esters is 1. The molecule has 0 unspecified atom stereocenters. The van der Waals surface area contributed by atoms with Gasteiger partial charge >= 0.3 is 5.97 Å². The number of ether oxygens (including phenoxy) is 1. The lowest BCUT2D eigenvalue weighted by atomic mass is 10.1. The van der Waals surface area contributed by atoms with Gasteiger partial charge in [-0.15, -0.1) is 0 Å². The van der Waals surface area contributed by atoms with Crippen LogP contribution >= 0.6 is 11.6 Å². The number of carbonyl (C=O) groups excluding carboxylic acids is 2. The molecule has 2 heterocycles. The Bertz CT molecular complexity index is 1360. The summed E-state index contributed by atoms with van der Waals surface area (Å²) in [7, 11) is 0. The number of aromatic nitrogens is 3. The Morgan fingerprint density at radius 2 is 1.84 bits per heavy atom. The highest BCUT2D eigenvalue weighted by Crippen LogP contribution is 2.20. The highest BCUT2D eigenvalue weighted by Gasteiger charge is 2.25. The average Bonchev–Trinajstić information content (AvgIpc) is 3.18. The summed E-state index contributed by atoms with van der Waals surface area (Å²) < 4.78 is 6.75. The molecule has 0 saturated heterocycles. The van der Waals surface area contributed by atoms with E-state index in [2.05, 4.69) is 10.1 Å². The molecule has 31 heavy (non-hydrogen) atoms. The van der Waals surface area contributed by atoms with E-state index in [1.54, 1.807) is 43.5 Å². The number of halogens is 1. The van der Waals surface area contributed by atoms with Crippen molar-refractivity contribution >= 4 is 34.3 Å². The van der Waals surface area contributed by atoms with Gasteiger partial charge in [0.05, 0.1) is 5.69 Å². The maximum Gasteiger partial charge on any atom is 0.363 e. The standard InChI is InChI=1S/C23H18ClN3O4/c1-13-11-20(28)21(26-27(13)16-9-7-15(24)8-10-16)23(30)31-14(2)22(29)18-12-25-19-6-4-3-5-17(18)19/h3-12,14,25H,1-2H3/t14-/m0/s1. The van der Waals surface area contributed by atoms with Gasteiger partial charge in [-0.3, -0.25) is 9.59 Å². The van der Waals surface area contributed by atoms with Crippen LogP contribution in [0.15, 0.2) is 65.6 Å². The third-order valence-corrected chi connectivity index (χ3v) is 5.13. The van der Waals surface area contributed by atoms with Crippen molar-refractivity contribution in [1.29, 1.82) is 0 Å². The van der Waals surface area contributed by atoms with Crippen LogP contribution in [-0.2, 0) is 4.74 Å². The van der Waals surface area contributed by atoms with E-state index in [0.29, 0.717) is 22.0 Å². The first-order chi connectivity index (χ1) is 14.8. The maximum absolute atomic E-state index is 12.8. The van der Waals surface area contributed by atoms with Crippen LogP contribution in [0.25, 0.3) is 16.6 Å². The van der Waals surface area contributed by atoms with E-state index in [9.17, 15) is 14.4 Å². The monoisotopic (exact) mass is 435 g/mol. The van der Waals surface area contributed by atoms with Crippen LogP contribution in [0.1, 0.15) is 33.5 Å². The molecule has 0 aliphatic carbocycles. The minimum absolute atomic E-state index is 0.379. The lowest BCUT2D eigenvalue weighted by molar-refractivity contribution is 0.0310. The summed E-state index contributed by atoms with van der Waals surface area (Å²) in [5.74, 6) is -1.34. The second-order valence-electron chi connectivity index (χ2n) is 7.05. The smallest absolute Gasteiger partial charge is 0.363 e. The summed E-state index contributed by atoms with van der Waals surface area (Å²) >= 11 is 5.92. The normalized spacial score (nSPS) is 12.0. The van der Waals surface area contributed by atoms with Crippen molar-refractivity contribution < 1.29 is 14.3 Å². The van der Waals surface area contributed by atoms with Crippen LogP contribution in [0.4, 0.5) is 0 Å². The predicted molar refractivity (Wildman–Crippen MR) is 117 cm³/mol. The Labute approximate surface area is 182 Å². The molecule has 1 N–H and O–H groups in total. The van der Waals surface area contributed by atoms with Gasteiger partial charge in [0.2, 0.25) is 16.9 Å². The second-order valence-corrected chi connectivity index (χ2v) is 7.48. The molecule has 156 valence electrons. The molecule has 4 aromatic rings. The molecular formula is C23H18ClN3O4. The van der Waals surface area contributed by atoms with Crippen LogP contribution < -0.4 is 5.43 Å². The van der Waals surface area contributed by atoms with Crippen molar-refractivity contribution in [3.63, 3.8) is 0 Å². The fourth-order valence-electron chi connectivity index (χ4n) is 3.30. The molecular weight excluding hydrogens is 418 g/mol. The summed E-state index contributed by atoms with van der Waals surface area (Å²) in [6, 6.07) is 15.4. The van der Waals surface area contributed by atoms with E-state index >= 15 is 0 Å². The van der Waals surface area contributed by atoms with Crippen molar-refractivity contribution in [2.45, 2.75) is 20.0 Å². The van der Waals surface area contributed by atoms with E-state index in [0.717, 1.165) is 10.9 Å². The number of H-pyrrole nitrogens is 1. The Morgan fingerprint density at radius 3 is 2.58 bits per heavy atom. The molecule has 0 fully saturated rings. The number of hydrogen-bond acceptors (Lipinski definition) is 5. The Hall–Kier alpha value is -3.71. The Kier molecular flexibility index (Phi) is 5.44. The van der Waals surface area contributed by atoms with E-state index in [4.69, 9.17) is 16.3 Å². The minimum atomic E-state index is -1.10. The molecule has 2 aromatic heterocycles. The van der Waals surface area contributed by atoms with Crippen LogP contribution in [0.3, 0.4) is 0 Å². The number of para-hydroxylation sites is 1. The SMILES string of the molecule is Cc1cc(=O)c(C(=O)O[C@@H](C)C(=O)c2c[nH]c3ccccc23)nn1-c1ccc(Cl)cc1. The first-order valence-corrected chi connectivity index (χ1v) is 9.91. The summed E-state index contributed by atoms with van der Waals surface area (Å²) in [4.78, 5) is 40.9. The largest absolute Gasteiger partial charge is 0.449 e. The molecule has 0 aliphatic heterocycles. The maximum atomic E-state index is 12.8. The second kappa shape index (κ2) is 8.20. The fourth-order valence-corrected chi connectivity index (χ4v) is 3.42. The molecule has 0 bridgehead atoms. The molecule has 0 spiro atoms. The summed E-state index contributed by atoms with van der Waals surface area (Å²) in [5.41, 5.74) is 1.38. The first-order valence-electron chi connectivity index (χ1n) is 9.53. The van der Waals surface area contributed by atoms with Gasteiger partial charge in [0.25, 0.3) is 0 Å². The number of Topliss-reactive ketones (excluding diaryl/α,β-unsaturated/α-hetero) is 1. The number of benzene rings is 2. The minimum Gasteiger partial charge on any atom is -0.449 e. The zero-order valence-electron chi connectivity index (χ0n) is 16.8. The van der Waals surface area contributed by atoms with Crippen LogP contribution in [0, 0.1) is 6.92 Å². The molecule has 8 heteroatoms. The third kappa shape index (κ3) is 4.00. The van der Waals surface area contributed by atoms with Gasteiger partial charge in [0.15, 0.2) is 6.10 Å². The van der Waals surface area contributed by atoms with E-state index < -0.39 is 23.2 Å². The number of nitrogens with one attached hydrogen (secondary N) is 1. The van der Waals surface area contributed by atoms with Crippen molar-refractivity contribution in [1.82, 2.24) is 14.8 Å². The number of carbonyl (C=O) groups is 2. The molecule has 0 radical (unpaired) electrons. The first kappa shape index (κ1) is 20.6. The van der Waals surface area contributed by atoms with E-state index in [-0.39, 0.29) is 5.78 Å². The van der Waals surface area contributed by atoms with Gasteiger partial charge in [0.1, 0.15) is 0 Å². The Morgan fingerprint density at radius 1 is 1.13 bits per heavy atom. The highest BCUT2D eigenvalue weighted by atomic mass is 35.5. The van der Waals surface area contributed by atoms with Gasteiger partial charge in [-0.2, -0.15) is 5.10 Å². The van der Waals surface area contributed by atoms with Crippen molar-refractivity contribution in [2.24, 2.45) is 0 Å². The number of fused-ring (bicyclic) bond motifs is 1. The lowest BCUT2D eigenvalue weighted by Crippen LogP contribution is -2.29. The molecule has 2 aromatic carbocycles. The fraction of sp³-hybridized carbons (Fsp3) is 0.130. The van der Waals surface area contributed by atoms with E-state index in [1.165, 1.54) is 17.7 Å². The number of aryl methyl sites for hydroxylation is 1. The topological polar surface area (TPSA) is 94.1 Å². The van der Waals surface area contributed by atoms with Gasteiger partial charge in [0, 0.05) is 39.4 Å². The van der Waals surface area contributed by atoms with Crippen molar-refractivity contribution in [3.8, 4) is 5.69 Å². The number of nitrogens with zero attached hydrogens (tertiary/aromatic N) is 2. The van der Waals surface area contributed by atoms with Gasteiger partial charge < -0.3 is 9.72 Å². The Balaban J connectivity index is 1.60. The van der Waals surface area contributed by atoms with Gasteiger partial charge in [-0.05, 0) is 44.2 Å². The molecule has 0 saturated carbocycles. The predicted octanol–water partition coefficient (Wildman–Crippen LogP) is 4.10. The van der Waals surface area contributed by atoms with Gasteiger partial charge in [-0.1, -0.05) is 29.8 Å². The quantitative estimate of drug-likeness (QED) is 0.376. The van der Waals surface area contributed by atoms with Crippen LogP contribution in [-0.4, -0.2) is 32.6 Å². The van der Waals surface area contributed by atoms with E-state index in [1.807, 2.05) is 18.2 Å². The molecule has 1 atom stereocenters. The number of rotatable bonds is 5. The number of hydrogen-bond donors (Lipinski definition) is 1. The van der Waals surface area contributed by atoms with Crippen molar-refractivity contribution in [2.75, 3.05) is 0 Å². The zero-order valence-corrected chi connectivity index (χ0v) is 17.5. The number of aromatic amines is 1. The van der Waals surface area contributed by atoms with Crippen LogP contribution in [0.5, 0.6) is 0 Å². The molecule has 0 amide bonds. The molecule has 0 aliphatic rings. The molecule has 4 rings (SSSR count). The summed E-state index contributed by atoms with van der Waals surface area (Å²) in [5, 5.41) is 5.44. The third-order valence-electron chi connectivity index (χ3n) is 4.88. The highest BCUT2D eigenvalue weighted by molar-refractivity contribution is 6.30. The summed E-state index contributed by atoms with van der Waals surface area (Å²) in [6.07, 6.45) is 0.479. The molecule has 7 nitrogen and oxygen atoms in total. The summed E-state index contributed by atoms with van der Waals surface area (Å²) in [6.45, 7) is 3.16. The zero-order chi connectivity index (χ0) is 22.1. The lowest BCUT2D eigenvalue weighted by Gasteiger charge is -2.14. The van der Waals surface area contributed by atoms with Crippen molar-refractivity contribution in [3.05, 3.63) is 93.0 Å². The number of ketones is 1. The average molecular weight is 436 g/mol.